The van der Waals surface area contributed by atoms with E-state index in [0.29, 0.717) is 0 Å². The zero-order chi connectivity index (χ0) is 8.55. The molecular formula is C9H16INO. The SMILES string of the molecule is CN1CC2CC(COI)CC2C1. The quantitative estimate of drug-likeness (QED) is 0.717. The number of hydrogen-bond donors (Lipinski definition) is 0. The summed E-state index contributed by atoms with van der Waals surface area (Å²) >= 11 is 2.02. The van der Waals surface area contributed by atoms with Gasteiger partial charge in [-0.3, -0.25) is 0 Å². The van der Waals surface area contributed by atoms with E-state index < -0.39 is 0 Å². The number of nitrogens with zero attached hydrogens (tertiary/aromatic N) is 1. The van der Waals surface area contributed by atoms with Crippen molar-refractivity contribution in [3.8, 4) is 0 Å². The predicted molar refractivity (Wildman–Crippen MR) is 57.2 cm³/mol. The summed E-state index contributed by atoms with van der Waals surface area (Å²) in [6, 6.07) is 0. The van der Waals surface area contributed by atoms with E-state index in [9.17, 15) is 0 Å². The van der Waals surface area contributed by atoms with Gasteiger partial charge in [-0.15, -0.1) is 0 Å². The molecule has 1 saturated heterocycles. The number of likely N-dealkylation sites (tertiary alicyclic amines) is 1. The number of fused-ring (bicyclic) bond motifs is 1. The van der Waals surface area contributed by atoms with Crippen LogP contribution in [-0.2, 0) is 3.07 Å². The Bertz CT molecular complexity index is 151. The van der Waals surface area contributed by atoms with Crippen LogP contribution in [0.2, 0.25) is 0 Å². The molecule has 12 heavy (non-hydrogen) atoms. The van der Waals surface area contributed by atoms with Gasteiger partial charge in [0.1, 0.15) is 23.0 Å². The molecule has 1 saturated carbocycles. The molecule has 0 bridgehead atoms. The van der Waals surface area contributed by atoms with Gasteiger partial charge in [-0.1, -0.05) is 0 Å². The highest BCUT2D eigenvalue weighted by Gasteiger charge is 2.39. The van der Waals surface area contributed by atoms with Gasteiger partial charge in [0.25, 0.3) is 0 Å². The zero-order valence-corrected chi connectivity index (χ0v) is 9.66. The first-order valence-corrected chi connectivity index (χ1v) is 5.59. The first kappa shape index (κ1) is 9.21. The van der Waals surface area contributed by atoms with E-state index in [1.807, 2.05) is 23.0 Å². The molecule has 1 aliphatic carbocycles. The summed E-state index contributed by atoms with van der Waals surface area (Å²) in [5.74, 6) is 2.81. The van der Waals surface area contributed by atoms with Gasteiger partial charge in [0.05, 0.1) is 6.61 Å². The van der Waals surface area contributed by atoms with E-state index in [0.717, 1.165) is 24.4 Å². The van der Waals surface area contributed by atoms with Crippen LogP contribution < -0.4 is 0 Å². The van der Waals surface area contributed by atoms with Gasteiger partial charge < -0.3 is 7.97 Å². The highest BCUT2D eigenvalue weighted by Crippen LogP contribution is 2.41. The van der Waals surface area contributed by atoms with E-state index >= 15 is 0 Å². The van der Waals surface area contributed by atoms with Crippen molar-refractivity contribution in [2.75, 3.05) is 26.7 Å². The minimum Gasteiger partial charge on any atom is -0.316 e. The lowest BCUT2D eigenvalue weighted by atomic mass is 10.0. The molecule has 0 radical (unpaired) electrons. The molecule has 1 heterocycles. The van der Waals surface area contributed by atoms with E-state index in [1.54, 1.807) is 0 Å². The maximum absolute atomic E-state index is 5.17. The van der Waals surface area contributed by atoms with Crippen LogP contribution in [-0.4, -0.2) is 31.6 Å². The Morgan fingerprint density at radius 3 is 2.42 bits per heavy atom. The molecule has 2 nitrogen and oxygen atoms in total. The van der Waals surface area contributed by atoms with Crippen molar-refractivity contribution in [1.82, 2.24) is 4.90 Å². The van der Waals surface area contributed by atoms with Gasteiger partial charge in [0.15, 0.2) is 0 Å². The second-order valence-electron chi connectivity index (χ2n) is 4.35. The summed E-state index contributed by atoms with van der Waals surface area (Å²) in [5, 5.41) is 0. The topological polar surface area (TPSA) is 12.5 Å². The molecule has 2 fully saturated rings. The van der Waals surface area contributed by atoms with Crippen LogP contribution in [0.5, 0.6) is 0 Å². The van der Waals surface area contributed by atoms with E-state index in [-0.39, 0.29) is 0 Å². The summed E-state index contributed by atoms with van der Waals surface area (Å²) in [6.07, 6.45) is 2.80. The molecule has 0 aromatic heterocycles. The van der Waals surface area contributed by atoms with Crippen molar-refractivity contribution >= 4 is 23.0 Å². The van der Waals surface area contributed by atoms with Gasteiger partial charge in [-0.25, -0.2) is 0 Å². The summed E-state index contributed by atoms with van der Waals surface area (Å²) < 4.78 is 5.17. The molecule has 3 heteroatoms. The van der Waals surface area contributed by atoms with Crippen LogP contribution in [0, 0.1) is 17.8 Å². The summed E-state index contributed by atoms with van der Waals surface area (Å²) in [7, 11) is 2.24. The minimum absolute atomic E-state index is 0.852. The Hall–Kier alpha value is 0.650. The number of rotatable bonds is 2. The zero-order valence-electron chi connectivity index (χ0n) is 7.50. The van der Waals surface area contributed by atoms with Crippen LogP contribution >= 0.6 is 23.0 Å². The molecule has 70 valence electrons. The molecule has 0 spiro atoms. The van der Waals surface area contributed by atoms with Gasteiger partial charge in [0.2, 0.25) is 0 Å². The van der Waals surface area contributed by atoms with Gasteiger partial charge >= 0.3 is 0 Å². The smallest absolute Gasteiger partial charge is 0.109 e. The molecule has 0 N–H and O–H groups in total. The first-order valence-electron chi connectivity index (χ1n) is 4.71. The molecule has 2 aliphatic rings. The normalized spacial score (nSPS) is 42.0. The van der Waals surface area contributed by atoms with Crippen LogP contribution in [0.4, 0.5) is 0 Å². The first-order chi connectivity index (χ1) is 5.79. The molecule has 0 amide bonds. The van der Waals surface area contributed by atoms with Crippen molar-refractivity contribution in [1.29, 1.82) is 0 Å². The Balaban J connectivity index is 1.85. The van der Waals surface area contributed by atoms with E-state index in [4.69, 9.17) is 3.07 Å². The highest BCUT2D eigenvalue weighted by molar-refractivity contribution is 14.1. The van der Waals surface area contributed by atoms with Gasteiger partial charge in [-0.2, -0.15) is 0 Å². The van der Waals surface area contributed by atoms with E-state index in [1.165, 1.54) is 25.9 Å². The lowest BCUT2D eigenvalue weighted by molar-refractivity contribution is 0.290. The second-order valence-corrected chi connectivity index (χ2v) is 4.98. The van der Waals surface area contributed by atoms with Crippen LogP contribution in [0.25, 0.3) is 0 Å². The summed E-state index contributed by atoms with van der Waals surface area (Å²) in [5.41, 5.74) is 0. The summed E-state index contributed by atoms with van der Waals surface area (Å²) in [6.45, 7) is 3.61. The third-order valence-corrected chi connectivity index (χ3v) is 3.69. The van der Waals surface area contributed by atoms with Crippen molar-refractivity contribution < 1.29 is 3.07 Å². The predicted octanol–water partition coefficient (Wildman–Crippen LogP) is 1.94. The van der Waals surface area contributed by atoms with Crippen molar-refractivity contribution in [2.45, 2.75) is 12.8 Å². The fourth-order valence-electron chi connectivity index (χ4n) is 2.89. The lowest BCUT2D eigenvalue weighted by Gasteiger charge is -2.12. The van der Waals surface area contributed by atoms with Gasteiger partial charge in [0, 0.05) is 13.1 Å². The monoisotopic (exact) mass is 281 g/mol. The molecule has 2 unspecified atom stereocenters. The third kappa shape index (κ3) is 1.77. The van der Waals surface area contributed by atoms with Crippen LogP contribution in [0.3, 0.4) is 0 Å². The standard InChI is InChI=1S/C9H16INO/c1-11-4-8-2-7(6-12-10)3-9(8)5-11/h7-9H,2-6H2,1H3. The highest BCUT2D eigenvalue weighted by atomic mass is 127. The fraction of sp³-hybridized carbons (Fsp3) is 1.00. The van der Waals surface area contributed by atoms with Crippen LogP contribution in [0.1, 0.15) is 12.8 Å². The third-order valence-electron chi connectivity index (χ3n) is 3.33. The Kier molecular flexibility index (Phi) is 2.92. The van der Waals surface area contributed by atoms with Crippen molar-refractivity contribution in [2.24, 2.45) is 17.8 Å². The van der Waals surface area contributed by atoms with E-state index in [2.05, 4.69) is 11.9 Å². The average Bonchev–Trinajstić information content (AvgIpc) is 2.44. The average molecular weight is 281 g/mol. The van der Waals surface area contributed by atoms with Crippen molar-refractivity contribution in [3.05, 3.63) is 0 Å². The Morgan fingerprint density at radius 1 is 1.33 bits per heavy atom. The molecule has 2 rings (SSSR count). The number of halogens is 1. The maximum Gasteiger partial charge on any atom is 0.109 e. The number of hydrogen-bond acceptors (Lipinski definition) is 2. The molecule has 0 aromatic carbocycles. The van der Waals surface area contributed by atoms with Gasteiger partial charge in [-0.05, 0) is 37.6 Å². The van der Waals surface area contributed by atoms with Crippen molar-refractivity contribution in [3.63, 3.8) is 0 Å². The minimum atomic E-state index is 0.852. The Labute approximate surface area is 88.3 Å². The lowest BCUT2D eigenvalue weighted by Crippen LogP contribution is -2.17. The molecule has 2 atom stereocenters. The molecular weight excluding hydrogens is 265 g/mol. The second kappa shape index (κ2) is 3.80. The molecule has 0 aromatic rings. The largest absolute Gasteiger partial charge is 0.316 e. The molecule has 1 aliphatic heterocycles. The summed E-state index contributed by atoms with van der Waals surface area (Å²) in [4.78, 5) is 2.47. The fourth-order valence-corrected chi connectivity index (χ4v) is 3.39. The van der Waals surface area contributed by atoms with Crippen LogP contribution in [0.15, 0.2) is 0 Å². The Morgan fingerprint density at radius 2 is 1.92 bits per heavy atom. The maximum atomic E-state index is 5.17.